The van der Waals surface area contributed by atoms with E-state index in [0.717, 1.165) is 10.8 Å². The average molecular weight is 329 g/mol. The smallest absolute Gasteiger partial charge is 0.262 e. The maximum atomic E-state index is 12.5. The van der Waals surface area contributed by atoms with Crippen LogP contribution >= 0.6 is 0 Å². The summed E-state index contributed by atoms with van der Waals surface area (Å²) in [5, 5.41) is 11.4. The monoisotopic (exact) mass is 329 g/mol. The molecule has 0 aliphatic rings. The summed E-state index contributed by atoms with van der Waals surface area (Å²) in [6.45, 7) is 0. The molecule has 0 radical (unpaired) electrons. The third kappa shape index (κ3) is 3.07. The van der Waals surface area contributed by atoms with Gasteiger partial charge in [0.25, 0.3) is 10.0 Å². The van der Waals surface area contributed by atoms with Gasteiger partial charge in [-0.25, -0.2) is 8.42 Å². The molecular formula is C17H15NO4S. The van der Waals surface area contributed by atoms with Gasteiger partial charge in [-0.1, -0.05) is 24.3 Å². The second-order valence-corrected chi connectivity index (χ2v) is 6.68. The van der Waals surface area contributed by atoms with Gasteiger partial charge in [-0.3, -0.25) is 4.72 Å². The van der Waals surface area contributed by atoms with Crippen LogP contribution in [0.5, 0.6) is 11.5 Å². The molecule has 2 N–H and O–H groups in total. The predicted molar refractivity (Wildman–Crippen MR) is 89.4 cm³/mol. The van der Waals surface area contributed by atoms with Crippen LogP contribution in [0.4, 0.5) is 5.69 Å². The Labute approximate surface area is 134 Å². The Kier molecular flexibility index (Phi) is 3.83. The number of aromatic hydroxyl groups is 1. The summed E-state index contributed by atoms with van der Waals surface area (Å²) in [6.07, 6.45) is 0. The van der Waals surface area contributed by atoms with E-state index in [0.29, 0.717) is 5.75 Å². The van der Waals surface area contributed by atoms with Gasteiger partial charge < -0.3 is 9.84 Å². The van der Waals surface area contributed by atoms with E-state index >= 15 is 0 Å². The normalized spacial score (nSPS) is 11.3. The number of fused-ring (bicyclic) bond motifs is 1. The third-order valence-corrected chi connectivity index (χ3v) is 4.84. The van der Waals surface area contributed by atoms with Crippen LogP contribution < -0.4 is 9.46 Å². The van der Waals surface area contributed by atoms with E-state index in [2.05, 4.69) is 4.72 Å². The number of nitrogens with one attached hydrogen (secondary N) is 1. The molecule has 3 aromatic carbocycles. The molecule has 0 saturated carbocycles. The minimum atomic E-state index is -3.78. The molecule has 0 fully saturated rings. The molecule has 3 rings (SSSR count). The van der Waals surface area contributed by atoms with Crippen molar-refractivity contribution in [3.63, 3.8) is 0 Å². The Morgan fingerprint density at radius 2 is 1.65 bits per heavy atom. The van der Waals surface area contributed by atoms with Gasteiger partial charge >= 0.3 is 0 Å². The van der Waals surface area contributed by atoms with Gasteiger partial charge in [-0.2, -0.15) is 0 Å². The maximum Gasteiger partial charge on any atom is 0.262 e. The van der Waals surface area contributed by atoms with Gasteiger partial charge in [0.1, 0.15) is 11.5 Å². The summed E-state index contributed by atoms with van der Waals surface area (Å²) in [4.78, 5) is 0.124. The number of benzene rings is 3. The summed E-state index contributed by atoms with van der Waals surface area (Å²) < 4.78 is 32.5. The summed E-state index contributed by atoms with van der Waals surface area (Å²) in [7, 11) is -2.20. The van der Waals surface area contributed by atoms with E-state index in [1.807, 2.05) is 6.07 Å². The van der Waals surface area contributed by atoms with E-state index in [9.17, 15) is 13.5 Å². The van der Waals surface area contributed by atoms with Crippen LogP contribution in [0.1, 0.15) is 0 Å². The highest BCUT2D eigenvalue weighted by molar-refractivity contribution is 7.92. The Morgan fingerprint density at radius 1 is 0.957 bits per heavy atom. The molecule has 0 amide bonds. The zero-order chi connectivity index (χ0) is 16.4. The van der Waals surface area contributed by atoms with Crippen LogP contribution in [-0.4, -0.2) is 20.6 Å². The van der Waals surface area contributed by atoms with E-state index in [1.54, 1.807) is 43.5 Å². The summed E-state index contributed by atoms with van der Waals surface area (Å²) >= 11 is 0. The first kappa shape index (κ1) is 15.2. The molecule has 0 spiro atoms. The van der Waals surface area contributed by atoms with Crippen molar-refractivity contribution in [2.24, 2.45) is 0 Å². The quantitative estimate of drug-likeness (QED) is 0.720. The fourth-order valence-corrected chi connectivity index (χ4v) is 3.37. The van der Waals surface area contributed by atoms with E-state index in [1.165, 1.54) is 18.2 Å². The number of rotatable bonds is 4. The van der Waals surface area contributed by atoms with Crippen molar-refractivity contribution in [1.29, 1.82) is 0 Å². The van der Waals surface area contributed by atoms with Gasteiger partial charge in [-0.15, -0.1) is 0 Å². The van der Waals surface area contributed by atoms with Gasteiger partial charge in [0.15, 0.2) is 0 Å². The summed E-state index contributed by atoms with van der Waals surface area (Å²) in [5.41, 5.74) is 0.141. The number of phenolic OH excluding ortho intramolecular Hbond substituents is 1. The minimum absolute atomic E-state index is 0.124. The lowest BCUT2D eigenvalue weighted by Gasteiger charge is -2.10. The van der Waals surface area contributed by atoms with Crippen molar-refractivity contribution in [2.45, 2.75) is 4.90 Å². The molecule has 0 heterocycles. The highest BCUT2D eigenvalue weighted by Gasteiger charge is 2.16. The minimum Gasteiger partial charge on any atom is -0.506 e. The largest absolute Gasteiger partial charge is 0.506 e. The lowest BCUT2D eigenvalue weighted by atomic mass is 10.1. The van der Waals surface area contributed by atoms with Crippen LogP contribution in [-0.2, 0) is 10.0 Å². The van der Waals surface area contributed by atoms with Crippen LogP contribution in [0.3, 0.4) is 0 Å². The predicted octanol–water partition coefficient (Wildman–Crippen LogP) is 3.35. The molecular weight excluding hydrogens is 314 g/mol. The summed E-state index contributed by atoms with van der Waals surface area (Å²) in [6, 6.07) is 16.4. The molecule has 0 unspecified atom stereocenters. The van der Waals surface area contributed by atoms with Crippen molar-refractivity contribution < 1.29 is 18.3 Å². The van der Waals surface area contributed by atoms with Gasteiger partial charge in [0.2, 0.25) is 0 Å². The number of ether oxygens (including phenoxy) is 1. The van der Waals surface area contributed by atoms with E-state index in [4.69, 9.17) is 4.74 Å². The fourth-order valence-electron chi connectivity index (χ4n) is 2.26. The molecule has 3 aromatic rings. The van der Waals surface area contributed by atoms with E-state index in [-0.39, 0.29) is 16.3 Å². The molecule has 118 valence electrons. The zero-order valence-corrected chi connectivity index (χ0v) is 13.2. The number of phenols is 1. The first-order chi connectivity index (χ1) is 11.0. The van der Waals surface area contributed by atoms with Crippen molar-refractivity contribution in [2.75, 3.05) is 11.8 Å². The SMILES string of the molecule is COc1ccc2cc(S(=O)(=O)Nc3ccccc3O)ccc2c1. The van der Waals surface area contributed by atoms with Crippen molar-refractivity contribution in [3.05, 3.63) is 60.7 Å². The molecule has 0 bridgehead atoms. The topological polar surface area (TPSA) is 75.6 Å². The molecule has 0 saturated heterocycles. The highest BCUT2D eigenvalue weighted by atomic mass is 32.2. The van der Waals surface area contributed by atoms with Crippen molar-refractivity contribution >= 4 is 26.5 Å². The van der Waals surface area contributed by atoms with E-state index < -0.39 is 10.0 Å². The lowest BCUT2D eigenvalue weighted by molar-refractivity contribution is 0.415. The molecule has 5 nitrogen and oxygen atoms in total. The maximum absolute atomic E-state index is 12.5. The average Bonchev–Trinajstić information content (AvgIpc) is 2.55. The van der Waals surface area contributed by atoms with Gasteiger partial charge in [-0.05, 0) is 47.2 Å². The first-order valence-corrected chi connectivity index (χ1v) is 8.36. The number of methoxy groups -OCH3 is 1. The molecule has 6 heteroatoms. The summed E-state index contributed by atoms with van der Waals surface area (Å²) in [5.74, 6) is 0.585. The molecule has 0 aromatic heterocycles. The number of anilines is 1. The van der Waals surface area contributed by atoms with Crippen LogP contribution in [0.2, 0.25) is 0 Å². The first-order valence-electron chi connectivity index (χ1n) is 6.88. The second-order valence-electron chi connectivity index (χ2n) is 5.00. The highest BCUT2D eigenvalue weighted by Crippen LogP contribution is 2.27. The van der Waals surface area contributed by atoms with Crippen LogP contribution in [0, 0.1) is 0 Å². The lowest BCUT2D eigenvalue weighted by Crippen LogP contribution is -2.12. The number of hydrogen-bond donors (Lipinski definition) is 2. The molecule has 0 atom stereocenters. The molecule has 23 heavy (non-hydrogen) atoms. The molecule has 0 aliphatic carbocycles. The Balaban J connectivity index is 2.00. The van der Waals surface area contributed by atoms with Crippen molar-refractivity contribution in [1.82, 2.24) is 0 Å². The third-order valence-electron chi connectivity index (χ3n) is 3.48. The van der Waals surface area contributed by atoms with Crippen LogP contribution in [0.25, 0.3) is 10.8 Å². The fraction of sp³-hybridized carbons (Fsp3) is 0.0588. The molecule has 0 aliphatic heterocycles. The number of sulfonamides is 1. The number of hydrogen-bond acceptors (Lipinski definition) is 4. The Morgan fingerprint density at radius 3 is 2.39 bits per heavy atom. The second kappa shape index (κ2) is 5.81. The zero-order valence-electron chi connectivity index (χ0n) is 12.4. The Bertz CT molecular complexity index is 967. The van der Waals surface area contributed by atoms with Crippen LogP contribution in [0.15, 0.2) is 65.6 Å². The van der Waals surface area contributed by atoms with Gasteiger partial charge in [0, 0.05) is 0 Å². The number of para-hydroxylation sites is 2. The standard InChI is InChI=1S/C17H15NO4S/c1-22-14-8-6-13-11-15(9-7-12(13)10-14)23(20,21)18-16-4-2-3-5-17(16)19/h2-11,18-19H,1H3. The van der Waals surface area contributed by atoms with Gasteiger partial charge in [0.05, 0.1) is 17.7 Å². The Hall–Kier alpha value is -2.73. The van der Waals surface area contributed by atoms with Crippen molar-refractivity contribution in [3.8, 4) is 11.5 Å².